The van der Waals surface area contributed by atoms with Gasteiger partial charge in [-0.15, -0.1) is 0 Å². The molecule has 0 aromatic carbocycles. The fraction of sp³-hybridized carbons (Fsp3) is 0.842. The van der Waals surface area contributed by atoms with Crippen LogP contribution in [0, 0.1) is 5.41 Å². The number of thioether (sulfide) groups is 1. The molecule has 9 heteroatoms. The van der Waals surface area contributed by atoms with Crippen LogP contribution in [0.1, 0.15) is 51.9 Å². The fourth-order valence-electron chi connectivity index (χ4n) is 2.52. The van der Waals surface area contributed by atoms with E-state index in [-0.39, 0.29) is 5.91 Å². The Balaban J connectivity index is 3.83. The summed E-state index contributed by atoms with van der Waals surface area (Å²) in [5.41, 5.74) is 0. The van der Waals surface area contributed by atoms with E-state index in [4.69, 9.17) is 14.9 Å². The normalized spacial score (nSPS) is 12.5. The number of unbranched alkanes of at least 4 members (excludes halogenated alkanes) is 1. The number of aliphatic carboxylic acids is 1. The van der Waals surface area contributed by atoms with Gasteiger partial charge in [0.15, 0.2) is 5.79 Å². The van der Waals surface area contributed by atoms with Gasteiger partial charge in [0.05, 0.1) is 0 Å². The number of rotatable bonds is 19. The third-order valence-corrected chi connectivity index (χ3v) is 5.61. The maximum Gasteiger partial charge on any atom is 0.326 e. The van der Waals surface area contributed by atoms with Crippen LogP contribution >= 0.6 is 11.8 Å². The first-order chi connectivity index (χ1) is 13.4. The van der Waals surface area contributed by atoms with E-state index in [1.807, 2.05) is 6.92 Å². The number of methoxy groups -OCH3 is 2. The lowest BCUT2D eigenvalue weighted by Crippen LogP contribution is -2.40. The molecule has 0 aromatic heterocycles. The Labute approximate surface area is 173 Å². The van der Waals surface area contributed by atoms with Crippen molar-refractivity contribution in [1.82, 2.24) is 10.6 Å². The van der Waals surface area contributed by atoms with Crippen molar-refractivity contribution in [2.24, 2.45) is 0 Å². The van der Waals surface area contributed by atoms with Crippen molar-refractivity contribution in [2.75, 3.05) is 38.8 Å². The van der Waals surface area contributed by atoms with Gasteiger partial charge in [0.25, 0.3) is 0 Å². The zero-order chi connectivity index (χ0) is 21.3. The highest BCUT2D eigenvalue weighted by molar-refractivity contribution is 7.99. The van der Waals surface area contributed by atoms with Gasteiger partial charge in [0.2, 0.25) is 5.91 Å². The van der Waals surface area contributed by atoms with E-state index in [1.165, 1.54) is 6.21 Å². The Bertz CT molecular complexity index is 447. The summed E-state index contributed by atoms with van der Waals surface area (Å²) in [6, 6.07) is -0.830. The molecule has 1 unspecified atom stereocenters. The summed E-state index contributed by atoms with van der Waals surface area (Å²) in [5, 5.41) is 21.8. The van der Waals surface area contributed by atoms with Gasteiger partial charge in [-0.3, -0.25) is 4.79 Å². The van der Waals surface area contributed by atoms with E-state index in [9.17, 15) is 14.7 Å². The molecule has 0 aliphatic rings. The zero-order valence-corrected chi connectivity index (χ0v) is 18.2. The van der Waals surface area contributed by atoms with Crippen LogP contribution in [0.2, 0.25) is 0 Å². The topological polar surface area (TPSA) is 121 Å². The third-order valence-electron chi connectivity index (χ3n) is 4.45. The van der Waals surface area contributed by atoms with E-state index in [1.54, 1.807) is 26.0 Å². The quantitative estimate of drug-likeness (QED) is 0.144. The molecule has 0 heterocycles. The summed E-state index contributed by atoms with van der Waals surface area (Å²) in [6.45, 7) is 3.17. The highest BCUT2D eigenvalue weighted by Gasteiger charge is 2.21. The fourth-order valence-corrected chi connectivity index (χ4v) is 3.42. The molecule has 1 amide bonds. The van der Waals surface area contributed by atoms with E-state index in [0.717, 1.165) is 43.7 Å². The molecule has 0 spiro atoms. The van der Waals surface area contributed by atoms with Crippen molar-refractivity contribution in [1.29, 1.82) is 5.41 Å². The number of carbonyl (C=O) groups is 2. The second-order valence-corrected chi connectivity index (χ2v) is 7.95. The summed E-state index contributed by atoms with van der Waals surface area (Å²) in [7, 11) is 3.27. The largest absolute Gasteiger partial charge is 0.480 e. The van der Waals surface area contributed by atoms with Gasteiger partial charge in [0, 0.05) is 39.8 Å². The van der Waals surface area contributed by atoms with Gasteiger partial charge in [-0.2, -0.15) is 11.8 Å². The third kappa shape index (κ3) is 13.9. The lowest BCUT2D eigenvalue weighted by Gasteiger charge is -2.26. The predicted octanol–water partition coefficient (Wildman–Crippen LogP) is 2.27. The minimum absolute atomic E-state index is 0.207. The van der Waals surface area contributed by atoms with Crippen LogP contribution in [0.4, 0.5) is 0 Å². The molecule has 0 fully saturated rings. The number of carboxylic acids is 1. The standard InChI is InChI=1S/C19H37N3O5S/c1-19(26-2,27-3)10-7-15-28-14-6-9-17(23)22-16(18(24)25)8-4-5-12-21-13-11-20/h11,16,20-21H,4-10,12-15H2,1-3H3,(H,22,23)(H,24,25). The van der Waals surface area contributed by atoms with E-state index in [2.05, 4.69) is 10.6 Å². The molecule has 1 atom stereocenters. The van der Waals surface area contributed by atoms with Crippen LogP contribution in [-0.4, -0.2) is 73.8 Å². The maximum atomic E-state index is 12.0. The van der Waals surface area contributed by atoms with E-state index in [0.29, 0.717) is 25.8 Å². The number of amides is 1. The van der Waals surface area contributed by atoms with Crippen molar-refractivity contribution in [3.63, 3.8) is 0 Å². The second-order valence-electron chi connectivity index (χ2n) is 6.72. The minimum atomic E-state index is -0.991. The van der Waals surface area contributed by atoms with Crippen molar-refractivity contribution in [2.45, 2.75) is 63.7 Å². The predicted molar refractivity (Wildman–Crippen MR) is 113 cm³/mol. The van der Waals surface area contributed by atoms with Crippen molar-refractivity contribution < 1.29 is 24.2 Å². The molecule has 4 N–H and O–H groups in total. The number of ether oxygens (including phenoxy) is 2. The molecular weight excluding hydrogens is 382 g/mol. The van der Waals surface area contributed by atoms with Crippen LogP contribution in [0.3, 0.4) is 0 Å². The highest BCUT2D eigenvalue weighted by Crippen LogP contribution is 2.19. The molecule has 8 nitrogen and oxygen atoms in total. The molecule has 0 radical (unpaired) electrons. The van der Waals surface area contributed by atoms with Crippen molar-refractivity contribution >= 4 is 29.9 Å². The zero-order valence-electron chi connectivity index (χ0n) is 17.4. The first kappa shape index (κ1) is 26.8. The maximum absolute atomic E-state index is 12.0. The average molecular weight is 420 g/mol. The van der Waals surface area contributed by atoms with E-state index >= 15 is 0 Å². The van der Waals surface area contributed by atoms with Crippen molar-refractivity contribution in [3.8, 4) is 0 Å². The van der Waals surface area contributed by atoms with Gasteiger partial charge in [-0.25, -0.2) is 4.79 Å². The van der Waals surface area contributed by atoms with E-state index < -0.39 is 17.8 Å². The number of carbonyl (C=O) groups excluding carboxylic acids is 1. The summed E-state index contributed by atoms with van der Waals surface area (Å²) in [5.74, 6) is 0.0900. The van der Waals surface area contributed by atoms with Gasteiger partial charge in [0.1, 0.15) is 6.04 Å². The lowest BCUT2D eigenvalue weighted by atomic mass is 10.1. The summed E-state index contributed by atoms with van der Waals surface area (Å²) in [6.07, 6.45) is 6.06. The summed E-state index contributed by atoms with van der Waals surface area (Å²) in [4.78, 5) is 23.3. The molecule has 0 saturated carbocycles. The monoisotopic (exact) mass is 419 g/mol. The van der Waals surface area contributed by atoms with Gasteiger partial charge in [-0.05, 0) is 57.1 Å². The second kappa shape index (κ2) is 16.8. The first-order valence-electron chi connectivity index (χ1n) is 9.78. The van der Waals surface area contributed by atoms with Gasteiger partial charge >= 0.3 is 5.97 Å². The van der Waals surface area contributed by atoms with Crippen LogP contribution in [0.25, 0.3) is 0 Å². The average Bonchev–Trinajstić information content (AvgIpc) is 2.68. The molecule has 0 rings (SSSR count). The molecule has 0 aliphatic carbocycles. The Morgan fingerprint density at radius 3 is 2.46 bits per heavy atom. The Hall–Kier alpha value is -1.16. The van der Waals surface area contributed by atoms with Crippen LogP contribution in [0.15, 0.2) is 0 Å². The molecule has 0 bridgehead atoms. The Morgan fingerprint density at radius 2 is 1.86 bits per heavy atom. The first-order valence-corrected chi connectivity index (χ1v) is 10.9. The molecular formula is C19H37N3O5S. The van der Waals surface area contributed by atoms with Gasteiger partial charge in [-0.1, -0.05) is 0 Å². The summed E-state index contributed by atoms with van der Waals surface area (Å²) < 4.78 is 10.6. The van der Waals surface area contributed by atoms with Crippen LogP contribution in [-0.2, 0) is 19.1 Å². The number of nitrogens with one attached hydrogen (secondary N) is 3. The van der Waals surface area contributed by atoms with Gasteiger partial charge < -0.3 is 30.6 Å². The highest BCUT2D eigenvalue weighted by atomic mass is 32.2. The number of hydrogen-bond donors (Lipinski definition) is 4. The number of hydrogen-bond acceptors (Lipinski definition) is 7. The molecule has 28 heavy (non-hydrogen) atoms. The molecule has 164 valence electrons. The van der Waals surface area contributed by atoms with Crippen LogP contribution in [0.5, 0.6) is 0 Å². The van der Waals surface area contributed by atoms with Crippen LogP contribution < -0.4 is 10.6 Å². The molecule has 0 aliphatic heterocycles. The SMILES string of the molecule is COC(C)(CCCSCCCC(=O)NC(CCCCNCC=N)C(=O)O)OC. The van der Waals surface area contributed by atoms with Crippen molar-refractivity contribution in [3.05, 3.63) is 0 Å². The number of carboxylic acid groups (broad SMARTS) is 1. The Kier molecular flexibility index (Phi) is 16.1. The molecule has 0 saturated heterocycles. The minimum Gasteiger partial charge on any atom is -0.480 e. The molecule has 0 aromatic rings. The lowest BCUT2D eigenvalue weighted by molar-refractivity contribution is -0.197. The smallest absolute Gasteiger partial charge is 0.326 e. The summed E-state index contributed by atoms with van der Waals surface area (Å²) >= 11 is 1.78. The Morgan fingerprint density at radius 1 is 1.18 bits per heavy atom.